The van der Waals surface area contributed by atoms with E-state index < -0.39 is 0 Å². The molecule has 0 aliphatic carbocycles. The molecule has 7 nitrogen and oxygen atoms in total. The van der Waals surface area contributed by atoms with Gasteiger partial charge < -0.3 is 19.6 Å². The summed E-state index contributed by atoms with van der Waals surface area (Å²) in [5.41, 5.74) is 0. The molecule has 1 aromatic rings. The maximum atomic E-state index is 11.9. The smallest absolute Gasteiger partial charge is 0.226 e. The number of amides is 2. The van der Waals surface area contributed by atoms with E-state index in [1.54, 1.807) is 32.0 Å². The van der Waals surface area contributed by atoms with E-state index in [0.29, 0.717) is 24.5 Å². The molecule has 1 aliphatic heterocycles. The number of piperidine rings is 1. The standard InChI is InChI=1S/C15H24N4O3/c1-11-10-13(17-22-11)16-14(20)6-9-19-7-4-12(5-8-19)15(21)18(2)3/h10,12H,4-9H2,1-3H3,(H,16,17,20). The fourth-order valence-corrected chi connectivity index (χ4v) is 2.66. The minimum absolute atomic E-state index is 0.0696. The fourth-order valence-electron chi connectivity index (χ4n) is 2.66. The molecule has 1 aliphatic rings. The Labute approximate surface area is 130 Å². The molecule has 1 saturated heterocycles. The van der Waals surface area contributed by atoms with Gasteiger partial charge in [-0.2, -0.15) is 0 Å². The lowest BCUT2D eigenvalue weighted by molar-refractivity contribution is -0.134. The normalized spacial score (nSPS) is 16.5. The van der Waals surface area contributed by atoms with Gasteiger partial charge in [0.05, 0.1) is 0 Å². The van der Waals surface area contributed by atoms with Gasteiger partial charge in [-0.1, -0.05) is 5.16 Å². The first-order valence-corrected chi connectivity index (χ1v) is 7.62. The van der Waals surface area contributed by atoms with Crippen molar-refractivity contribution in [1.82, 2.24) is 15.0 Å². The van der Waals surface area contributed by atoms with Gasteiger partial charge in [0.15, 0.2) is 5.82 Å². The van der Waals surface area contributed by atoms with Crippen LogP contribution in [0.3, 0.4) is 0 Å². The Balaban J connectivity index is 1.68. The molecule has 0 unspecified atom stereocenters. The SMILES string of the molecule is Cc1cc(NC(=O)CCN2CCC(C(=O)N(C)C)CC2)no1. The van der Waals surface area contributed by atoms with Crippen molar-refractivity contribution >= 4 is 17.6 Å². The minimum atomic E-state index is -0.0696. The summed E-state index contributed by atoms with van der Waals surface area (Å²) in [5.74, 6) is 1.39. The van der Waals surface area contributed by atoms with Gasteiger partial charge >= 0.3 is 0 Å². The monoisotopic (exact) mass is 308 g/mol. The second-order valence-corrected chi connectivity index (χ2v) is 5.97. The predicted molar refractivity (Wildman–Crippen MR) is 82.3 cm³/mol. The van der Waals surface area contributed by atoms with Crippen molar-refractivity contribution in [3.63, 3.8) is 0 Å². The maximum Gasteiger partial charge on any atom is 0.226 e. The zero-order valence-corrected chi connectivity index (χ0v) is 13.5. The molecule has 0 radical (unpaired) electrons. The van der Waals surface area contributed by atoms with Crippen molar-refractivity contribution in [2.24, 2.45) is 5.92 Å². The summed E-state index contributed by atoms with van der Waals surface area (Å²) in [7, 11) is 3.59. The number of aryl methyl sites for hydroxylation is 1. The van der Waals surface area contributed by atoms with Crippen LogP contribution in [0.4, 0.5) is 5.82 Å². The summed E-state index contributed by atoms with van der Waals surface area (Å²) in [4.78, 5) is 27.6. The second kappa shape index (κ2) is 7.40. The van der Waals surface area contributed by atoms with E-state index in [0.717, 1.165) is 25.9 Å². The number of nitrogens with one attached hydrogen (secondary N) is 1. The van der Waals surface area contributed by atoms with Crippen LogP contribution in [0.2, 0.25) is 0 Å². The summed E-state index contributed by atoms with van der Waals surface area (Å²) in [6, 6.07) is 1.69. The van der Waals surface area contributed by atoms with Crippen LogP contribution in [0.25, 0.3) is 0 Å². The van der Waals surface area contributed by atoms with Gasteiger partial charge in [-0.3, -0.25) is 9.59 Å². The molecular formula is C15H24N4O3. The van der Waals surface area contributed by atoms with Crippen LogP contribution < -0.4 is 5.32 Å². The molecule has 2 heterocycles. The molecule has 0 aromatic carbocycles. The van der Waals surface area contributed by atoms with Crippen LogP contribution in [0, 0.1) is 12.8 Å². The number of aromatic nitrogens is 1. The zero-order valence-electron chi connectivity index (χ0n) is 13.5. The Bertz CT molecular complexity index is 519. The third kappa shape index (κ3) is 4.56. The molecule has 2 rings (SSSR count). The minimum Gasteiger partial charge on any atom is -0.360 e. The second-order valence-electron chi connectivity index (χ2n) is 5.97. The number of likely N-dealkylation sites (tertiary alicyclic amines) is 1. The maximum absolute atomic E-state index is 11.9. The van der Waals surface area contributed by atoms with Gasteiger partial charge in [0.2, 0.25) is 11.8 Å². The van der Waals surface area contributed by atoms with Crippen molar-refractivity contribution in [2.75, 3.05) is 39.0 Å². The Morgan fingerprint density at radius 1 is 1.41 bits per heavy atom. The predicted octanol–water partition coefficient (Wildman–Crippen LogP) is 1.11. The lowest BCUT2D eigenvalue weighted by Gasteiger charge is -2.32. The number of hydrogen-bond donors (Lipinski definition) is 1. The summed E-state index contributed by atoms with van der Waals surface area (Å²) in [6.45, 7) is 4.20. The molecule has 1 aromatic heterocycles. The molecule has 7 heteroatoms. The molecule has 22 heavy (non-hydrogen) atoms. The average molecular weight is 308 g/mol. The van der Waals surface area contributed by atoms with Crippen LogP contribution in [0.15, 0.2) is 10.6 Å². The quantitative estimate of drug-likeness (QED) is 0.881. The van der Waals surface area contributed by atoms with E-state index in [4.69, 9.17) is 4.52 Å². The Kier molecular flexibility index (Phi) is 5.54. The highest BCUT2D eigenvalue weighted by Crippen LogP contribution is 2.19. The van der Waals surface area contributed by atoms with Crippen molar-refractivity contribution in [3.8, 4) is 0 Å². The highest BCUT2D eigenvalue weighted by atomic mass is 16.5. The van der Waals surface area contributed by atoms with E-state index in [9.17, 15) is 9.59 Å². The summed E-state index contributed by atoms with van der Waals surface area (Å²) < 4.78 is 4.90. The van der Waals surface area contributed by atoms with Crippen LogP contribution in [0.5, 0.6) is 0 Å². The van der Waals surface area contributed by atoms with Gasteiger partial charge in [0.1, 0.15) is 5.76 Å². The van der Waals surface area contributed by atoms with Crippen molar-refractivity contribution in [1.29, 1.82) is 0 Å². The van der Waals surface area contributed by atoms with Crippen LogP contribution in [-0.4, -0.2) is 60.5 Å². The van der Waals surface area contributed by atoms with E-state index in [-0.39, 0.29) is 17.7 Å². The molecule has 2 amide bonds. The third-order valence-electron chi connectivity index (χ3n) is 3.93. The number of rotatable bonds is 5. The number of carbonyl (C=O) groups excluding carboxylic acids is 2. The summed E-state index contributed by atoms with van der Waals surface area (Å²) in [6.07, 6.45) is 2.14. The van der Waals surface area contributed by atoms with E-state index in [1.807, 2.05) is 0 Å². The Hall–Kier alpha value is -1.89. The van der Waals surface area contributed by atoms with Crippen LogP contribution in [0.1, 0.15) is 25.0 Å². The number of nitrogens with zero attached hydrogens (tertiary/aromatic N) is 3. The van der Waals surface area contributed by atoms with Gasteiger partial charge in [-0.15, -0.1) is 0 Å². The lowest BCUT2D eigenvalue weighted by atomic mass is 9.95. The Morgan fingerprint density at radius 2 is 2.09 bits per heavy atom. The first-order valence-electron chi connectivity index (χ1n) is 7.62. The molecular weight excluding hydrogens is 284 g/mol. The molecule has 1 fully saturated rings. The number of anilines is 1. The van der Waals surface area contributed by atoms with E-state index in [2.05, 4.69) is 15.4 Å². The topological polar surface area (TPSA) is 78.7 Å². The number of carbonyl (C=O) groups is 2. The molecule has 0 saturated carbocycles. The third-order valence-corrected chi connectivity index (χ3v) is 3.93. The highest BCUT2D eigenvalue weighted by Gasteiger charge is 2.26. The van der Waals surface area contributed by atoms with Gasteiger partial charge in [0, 0.05) is 39.0 Å². The van der Waals surface area contributed by atoms with Crippen LogP contribution in [-0.2, 0) is 9.59 Å². The number of hydrogen-bond acceptors (Lipinski definition) is 5. The van der Waals surface area contributed by atoms with Crippen LogP contribution >= 0.6 is 0 Å². The first kappa shape index (κ1) is 16.5. The zero-order chi connectivity index (χ0) is 16.1. The fraction of sp³-hybridized carbons (Fsp3) is 0.667. The molecule has 0 atom stereocenters. The molecule has 1 N–H and O–H groups in total. The van der Waals surface area contributed by atoms with E-state index >= 15 is 0 Å². The molecule has 0 spiro atoms. The average Bonchev–Trinajstić information content (AvgIpc) is 2.90. The van der Waals surface area contributed by atoms with Crippen molar-refractivity contribution in [2.45, 2.75) is 26.2 Å². The van der Waals surface area contributed by atoms with Crippen molar-refractivity contribution < 1.29 is 14.1 Å². The van der Waals surface area contributed by atoms with Gasteiger partial charge in [0.25, 0.3) is 0 Å². The summed E-state index contributed by atoms with van der Waals surface area (Å²) in [5, 5.41) is 6.45. The largest absolute Gasteiger partial charge is 0.360 e. The molecule has 122 valence electrons. The molecule has 0 bridgehead atoms. The highest BCUT2D eigenvalue weighted by molar-refractivity contribution is 5.89. The van der Waals surface area contributed by atoms with Gasteiger partial charge in [-0.25, -0.2) is 0 Å². The lowest BCUT2D eigenvalue weighted by Crippen LogP contribution is -2.41. The van der Waals surface area contributed by atoms with E-state index in [1.165, 1.54) is 0 Å². The van der Waals surface area contributed by atoms with Crippen molar-refractivity contribution in [3.05, 3.63) is 11.8 Å². The Morgan fingerprint density at radius 3 is 2.64 bits per heavy atom. The first-order chi connectivity index (χ1) is 10.5. The summed E-state index contributed by atoms with van der Waals surface area (Å²) >= 11 is 0. The van der Waals surface area contributed by atoms with Gasteiger partial charge in [-0.05, 0) is 32.9 Å².